The van der Waals surface area contributed by atoms with Crippen molar-refractivity contribution in [1.29, 1.82) is 0 Å². The number of thioether (sulfide) groups is 2. The van der Waals surface area contributed by atoms with Gasteiger partial charge < -0.3 is 44.2 Å². The summed E-state index contributed by atoms with van der Waals surface area (Å²) in [5.74, 6) is 0.0185. The Hall–Kier alpha value is -3.92. The van der Waals surface area contributed by atoms with Gasteiger partial charge in [0.15, 0.2) is 0 Å². The smallest absolute Gasteiger partial charge is 0.255 e. The standard InChI is InChI=1S/C44H66N8O4S2/c1-25(2)18-31(47)41(55)51-35-23-29(43(5,6)7)21-33(37(35)57-16-14-45)49-39(53)27-12-11-13-28(20-27)40(54)50-34-22-30(44(8,9)10)24-36(38(34)58-17-15-46)52-42(56)32(48)19-26(3)4/h11-13,20-26,31-32H,14-19,45-48H2,1-10H3,(H,49,53)(H,50,54)(H,51,55)(H,52,56)/t31-,32-/m0/s1. The van der Waals surface area contributed by atoms with E-state index in [0.29, 0.717) is 70.0 Å². The predicted molar refractivity (Wildman–Crippen MR) is 244 cm³/mol. The van der Waals surface area contributed by atoms with Crippen LogP contribution in [0.2, 0.25) is 0 Å². The fourth-order valence-corrected chi connectivity index (χ4v) is 7.71. The number of anilines is 4. The Labute approximate surface area is 353 Å². The molecule has 3 aromatic carbocycles. The van der Waals surface area contributed by atoms with Crippen LogP contribution in [0, 0.1) is 11.8 Å². The number of carbonyl (C=O) groups is 4. The summed E-state index contributed by atoms with van der Waals surface area (Å²) in [6.07, 6.45) is 1.04. The third-order valence-corrected chi connectivity index (χ3v) is 11.5. The molecule has 0 aliphatic carbocycles. The quantitative estimate of drug-likeness (QED) is 0.0590. The minimum absolute atomic E-state index is 0.232. The Bertz CT molecular complexity index is 1790. The number of hydrogen-bond acceptors (Lipinski definition) is 10. The second kappa shape index (κ2) is 21.4. The lowest BCUT2D eigenvalue weighted by atomic mass is 9.86. The molecule has 0 aliphatic rings. The van der Waals surface area contributed by atoms with Gasteiger partial charge in [-0.3, -0.25) is 19.2 Å². The third-order valence-electron chi connectivity index (χ3n) is 9.16. The first-order valence-electron chi connectivity index (χ1n) is 19.9. The molecule has 3 aromatic rings. The summed E-state index contributed by atoms with van der Waals surface area (Å²) >= 11 is 2.85. The average molecular weight is 835 g/mol. The van der Waals surface area contributed by atoms with Crippen molar-refractivity contribution in [2.75, 3.05) is 45.9 Å². The highest BCUT2D eigenvalue weighted by Gasteiger charge is 2.26. The second-order valence-corrected chi connectivity index (χ2v) is 19.7. The number of carbonyl (C=O) groups excluding carboxylic acids is 4. The lowest BCUT2D eigenvalue weighted by Gasteiger charge is -2.25. The van der Waals surface area contributed by atoms with Crippen LogP contribution in [0.1, 0.15) is 114 Å². The molecule has 318 valence electrons. The zero-order chi connectivity index (χ0) is 43.5. The molecule has 0 heterocycles. The summed E-state index contributed by atoms with van der Waals surface area (Å²) < 4.78 is 0. The number of benzene rings is 3. The molecule has 0 unspecified atom stereocenters. The monoisotopic (exact) mass is 834 g/mol. The van der Waals surface area contributed by atoms with Crippen LogP contribution in [-0.2, 0) is 20.4 Å². The fourth-order valence-electron chi connectivity index (χ4n) is 6.00. The molecule has 0 aromatic heterocycles. The molecule has 0 fully saturated rings. The third kappa shape index (κ3) is 14.1. The molecular formula is C44H66N8O4S2. The molecule has 3 rings (SSSR count). The largest absolute Gasteiger partial charge is 0.330 e. The maximum atomic E-state index is 14.0. The van der Waals surface area contributed by atoms with Crippen LogP contribution in [0.3, 0.4) is 0 Å². The number of nitrogens with one attached hydrogen (secondary N) is 4. The van der Waals surface area contributed by atoms with E-state index in [9.17, 15) is 19.2 Å². The Balaban J connectivity index is 2.04. The fraction of sp³-hybridized carbons (Fsp3) is 0.500. The van der Waals surface area contributed by atoms with Crippen molar-refractivity contribution in [3.63, 3.8) is 0 Å². The van der Waals surface area contributed by atoms with Gasteiger partial charge in [-0.1, -0.05) is 75.3 Å². The molecule has 12 nitrogen and oxygen atoms in total. The molecule has 0 bridgehead atoms. The lowest BCUT2D eigenvalue weighted by Crippen LogP contribution is -2.37. The van der Waals surface area contributed by atoms with Crippen LogP contribution in [0.25, 0.3) is 0 Å². The topological polar surface area (TPSA) is 220 Å². The zero-order valence-electron chi connectivity index (χ0n) is 35.9. The highest BCUT2D eigenvalue weighted by atomic mass is 32.2. The van der Waals surface area contributed by atoms with E-state index in [1.54, 1.807) is 18.2 Å². The number of rotatable bonds is 18. The Kier molecular flexibility index (Phi) is 17.9. The minimum atomic E-state index is -0.706. The van der Waals surface area contributed by atoms with E-state index in [4.69, 9.17) is 22.9 Å². The van der Waals surface area contributed by atoms with Crippen LogP contribution >= 0.6 is 23.5 Å². The molecule has 14 heteroatoms. The van der Waals surface area contributed by atoms with Gasteiger partial charge in [-0.25, -0.2) is 0 Å². The molecule has 0 aliphatic heterocycles. The second-order valence-electron chi connectivity index (χ2n) is 17.5. The van der Waals surface area contributed by atoms with Crippen LogP contribution in [0.4, 0.5) is 22.7 Å². The molecule has 0 saturated carbocycles. The highest BCUT2D eigenvalue weighted by Crippen LogP contribution is 2.41. The first kappa shape index (κ1) is 48.4. The molecule has 12 N–H and O–H groups in total. The van der Waals surface area contributed by atoms with Gasteiger partial charge in [0.1, 0.15) is 0 Å². The molecule has 0 radical (unpaired) electrons. The van der Waals surface area contributed by atoms with Crippen molar-refractivity contribution >= 4 is 69.9 Å². The minimum Gasteiger partial charge on any atom is -0.330 e. The summed E-state index contributed by atoms with van der Waals surface area (Å²) in [7, 11) is 0. The molecule has 2 atom stereocenters. The van der Waals surface area contributed by atoms with Crippen molar-refractivity contribution < 1.29 is 19.2 Å². The van der Waals surface area contributed by atoms with Crippen LogP contribution in [0.15, 0.2) is 58.3 Å². The number of hydrogen-bond donors (Lipinski definition) is 8. The summed E-state index contributed by atoms with van der Waals surface area (Å²) in [5.41, 5.74) is 28.0. The van der Waals surface area contributed by atoms with Crippen LogP contribution in [-0.4, -0.2) is 60.3 Å². The van der Waals surface area contributed by atoms with Gasteiger partial charge >= 0.3 is 0 Å². The van der Waals surface area contributed by atoms with Crippen molar-refractivity contribution in [2.45, 2.75) is 115 Å². The van der Waals surface area contributed by atoms with Gasteiger partial charge in [-0.15, -0.1) is 23.5 Å². The first-order chi connectivity index (χ1) is 27.0. The van der Waals surface area contributed by atoms with Gasteiger partial charge in [0.25, 0.3) is 11.8 Å². The van der Waals surface area contributed by atoms with Crippen molar-refractivity contribution in [2.24, 2.45) is 34.8 Å². The molecule has 0 saturated heterocycles. The van der Waals surface area contributed by atoms with Crippen molar-refractivity contribution in [1.82, 2.24) is 0 Å². The van der Waals surface area contributed by atoms with E-state index in [0.717, 1.165) is 11.1 Å². The maximum absolute atomic E-state index is 14.0. The van der Waals surface area contributed by atoms with E-state index in [-0.39, 0.29) is 45.6 Å². The van der Waals surface area contributed by atoms with E-state index in [1.807, 2.05) is 52.0 Å². The SMILES string of the molecule is CC(C)C[C@H](N)C(=O)Nc1cc(C(C)(C)C)cc(NC(=O)c2cccc(C(=O)Nc3cc(C(C)(C)C)cc(NC(=O)[C@@H](N)CC(C)C)c3SCCN)c2)c1SCCN. The number of nitrogens with two attached hydrogens (primary N) is 4. The Morgan fingerprint density at radius 3 is 1.19 bits per heavy atom. The van der Waals surface area contributed by atoms with Crippen LogP contribution < -0.4 is 44.2 Å². The van der Waals surface area contributed by atoms with Gasteiger partial charge in [0.05, 0.1) is 44.6 Å². The highest BCUT2D eigenvalue weighted by molar-refractivity contribution is 7.99. The van der Waals surface area contributed by atoms with E-state index in [2.05, 4.69) is 62.8 Å². The maximum Gasteiger partial charge on any atom is 0.255 e. The normalized spacial score (nSPS) is 13.0. The summed E-state index contributed by atoms with van der Waals surface area (Å²) in [6.45, 7) is 21.1. The van der Waals surface area contributed by atoms with Crippen molar-refractivity contribution in [3.05, 3.63) is 70.8 Å². The predicted octanol–water partition coefficient (Wildman–Crippen LogP) is 7.51. The summed E-state index contributed by atoms with van der Waals surface area (Å²) in [5, 5.41) is 12.2. The first-order valence-corrected chi connectivity index (χ1v) is 21.9. The molecule has 58 heavy (non-hydrogen) atoms. The van der Waals surface area contributed by atoms with Crippen LogP contribution in [0.5, 0.6) is 0 Å². The Morgan fingerprint density at radius 2 is 0.897 bits per heavy atom. The van der Waals surface area contributed by atoms with Gasteiger partial charge in [0, 0.05) is 35.7 Å². The molecule has 4 amide bonds. The van der Waals surface area contributed by atoms with Gasteiger partial charge in [-0.2, -0.15) is 0 Å². The van der Waals surface area contributed by atoms with Gasteiger partial charge in [-0.05, 0) is 89.1 Å². The average Bonchev–Trinajstić information content (AvgIpc) is 3.12. The lowest BCUT2D eigenvalue weighted by molar-refractivity contribution is -0.118. The zero-order valence-corrected chi connectivity index (χ0v) is 37.6. The van der Waals surface area contributed by atoms with Gasteiger partial charge in [0.2, 0.25) is 11.8 Å². The van der Waals surface area contributed by atoms with E-state index < -0.39 is 23.9 Å². The number of amides is 4. The van der Waals surface area contributed by atoms with E-state index in [1.165, 1.54) is 29.6 Å². The summed E-state index contributed by atoms with van der Waals surface area (Å²) in [6, 6.07) is 12.7. The molecule has 0 spiro atoms. The summed E-state index contributed by atoms with van der Waals surface area (Å²) in [4.78, 5) is 55.9. The van der Waals surface area contributed by atoms with E-state index >= 15 is 0 Å². The Morgan fingerprint density at radius 1 is 0.569 bits per heavy atom. The van der Waals surface area contributed by atoms with Crippen molar-refractivity contribution in [3.8, 4) is 0 Å². The molecular weight excluding hydrogens is 769 g/mol.